The van der Waals surface area contributed by atoms with Crippen LogP contribution in [0.1, 0.15) is 30.6 Å². The highest BCUT2D eigenvalue weighted by Crippen LogP contribution is 2.17. The Hall–Kier alpha value is -3.17. The van der Waals surface area contributed by atoms with Crippen molar-refractivity contribution in [1.82, 2.24) is 25.2 Å². The predicted molar refractivity (Wildman–Crippen MR) is 113 cm³/mol. The van der Waals surface area contributed by atoms with E-state index in [-0.39, 0.29) is 24.3 Å². The summed E-state index contributed by atoms with van der Waals surface area (Å²) < 4.78 is 1.52. The highest BCUT2D eigenvalue weighted by Gasteiger charge is 2.11. The van der Waals surface area contributed by atoms with Gasteiger partial charge in [0.2, 0.25) is 0 Å². The lowest BCUT2D eigenvalue weighted by molar-refractivity contribution is 0.244. The lowest BCUT2D eigenvalue weighted by Gasteiger charge is -2.17. The van der Waals surface area contributed by atoms with Gasteiger partial charge < -0.3 is 26.5 Å². The number of guanidine groups is 1. The molecule has 0 aliphatic rings. The van der Waals surface area contributed by atoms with E-state index in [1.165, 1.54) is 4.57 Å². The third-order valence-electron chi connectivity index (χ3n) is 4.76. The van der Waals surface area contributed by atoms with E-state index in [2.05, 4.69) is 20.6 Å². The van der Waals surface area contributed by atoms with Crippen LogP contribution in [0, 0.1) is 5.41 Å². The lowest BCUT2D eigenvalue weighted by atomic mass is 10.1. The van der Waals surface area contributed by atoms with Crippen LogP contribution in [0.5, 0.6) is 0 Å². The second kappa shape index (κ2) is 9.35. The molecular formula is C20H27N7O2. The van der Waals surface area contributed by atoms with Gasteiger partial charge in [0.15, 0.2) is 5.96 Å². The van der Waals surface area contributed by atoms with Gasteiger partial charge in [0.25, 0.3) is 0 Å². The van der Waals surface area contributed by atoms with E-state index in [1.807, 2.05) is 37.3 Å². The number of nitrogens with two attached hydrogens (primary N) is 1. The number of aromatic nitrogens is 3. The van der Waals surface area contributed by atoms with Crippen LogP contribution in [-0.4, -0.2) is 45.3 Å². The van der Waals surface area contributed by atoms with Gasteiger partial charge in [-0.2, -0.15) is 4.98 Å². The number of rotatable bonds is 9. The lowest BCUT2D eigenvalue weighted by Crippen LogP contribution is -2.33. The van der Waals surface area contributed by atoms with Gasteiger partial charge in [-0.1, -0.05) is 19.1 Å². The average Bonchev–Trinajstić information content (AvgIpc) is 3.12. The van der Waals surface area contributed by atoms with Crippen molar-refractivity contribution in [1.29, 1.82) is 5.41 Å². The Morgan fingerprint density at radius 3 is 2.76 bits per heavy atom. The van der Waals surface area contributed by atoms with Gasteiger partial charge in [0, 0.05) is 23.8 Å². The molecule has 0 aliphatic carbocycles. The Morgan fingerprint density at radius 2 is 2.10 bits per heavy atom. The van der Waals surface area contributed by atoms with Crippen molar-refractivity contribution < 1.29 is 5.11 Å². The van der Waals surface area contributed by atoms with E-state index >= 15 is 0 Å². The number of nitrogens with zero attached hydrogens (tertiary/aromatic N) is 2. The molecule has 3 rings (SSSR count). The highest BCUT2D eigenvalue weighted by atomic mass is 16.3. The summed E-state index contributed by atoms with van der Waals surface area (Å²) in [5, 5.41) is 23.7. The van der Waals surface area contributed by atoms with Crippen molar-refractivity contribution in [3.8, 4) is 5.69 Å². The molecule has 9 nitrogen and oxygen atoms in total. The molecule has 0 aliphatic heterocycles. The molecule has 29 heavy (non-hydrogen) atoms. The van der Waals surface area contributed by atoms with Crippen molar-refractivity contribution in [2.75, 3.05) is 19.7 Å². The van der Waals surface area contributed by atoms with E-state index in [9.17, 15) is 9.90 Å². The predicted octanol–water partition coefficient (Wildman–Crippen LogP) is 0.772. The van der Waals surface area contributed by atoms with Crippen LogP contribution in [0.4, 0.5) is 0 Å². The van der Waals surface area contributed by atoms with Crippen LogP contribution in [0.15, 0.2) is 41.3 Å². The Balaban J connectivity index is 1.71. The fourth-order valence-electron chi connectivity index (χ4n) is 3.17. The molecule has 0 unspecified atom stereocenters. The Labute approximate surface area is 168 Å². The zero-order valence-corrected chi connectivity index (χ0v) is 16.4. The van der Waals surface area contributed by atoms with Crippen molar-refractivity contribution in [2.45, 2.75) is 25.8 Å². The molecule has 1 aromatic carbocycles. The van der Waals surface area contributed by atoms with E-state index in [1.54, 1.807) is 6.20 Å². The molecule has 154 valence electrons. The first-order valence-corrected chi connectivity index (χ1v) is 9.65. The molecule has 0 saturated heterocycles. The summed E-state index contributed by atoms with van der Waals surface area (Å²) in [5.74, 6) is -0.0484. The van der Waals surface area contributed by atoms with Gasteiger partial charge in [-0.05, 0) is 43.1 Å². The molecule has 1 atom stereocenters. The summed E-state index contributed by atoms with van der Waals surface area (Å²) in [4.78, 5) is 19.7. The molecule has 0 amide bonds. The first-order valence-electron chi connectivity index (χ1n) is 9.65. The molecule has 0 fully saturated rings. The summed E-state index contributed by atoms with van der Waals surface area (Å²) in [5.41, 5.74) is 8.18. The van der Waals surface area contributed by atoms with Crippen LogP contribution < -0.4 is 22.1 Å². The maximum atomic E-state index is 12.4. The fraction of sp³-hybridized carbons (Fsp3) is 0.350. The van der Waals surface area contributed by atoms with Crippen LogP contribution in [0.2, 0.25) is 0 Å². The third-order valence-corrected chi connectivity index (χ3v) is 4.76. The van der Waals surface area contributed by atoms with E-state index in [0.29, 0.717) is 18.7 Å². The van der Waals surface area contributed by atoms with Gasteiger partial charge in [0.05, 0.1) is 18.3 Å². The topological polar surface area (TPSA) is 145 Å². The summed E-state index contributed by atoms with van der Waals surface area (Å²) in [6, 6.07) is 9.26. The number of hydrogen-bond donors (Lipinski definition) is 6. The number of hydrogen-bond acceptors (Lipinski definition) is 5. The number of benzene rings is 1. The summed E-state index contributed by atoms with van der Waals surface area (Å²) >= 11 is 0. The zero-order valence-electron chi connectivity index (χ0n) is 16.4. The normalized spacial score (nSPS) is 12.2. The summed E-state index contributed by atoms with van der Waals surface area (Å²) in [7, 11) is 0. The van der Waals surface area contributed by atoms with E-state index in [0.717, 1.165) is 35.2 Å². The molecule has 0 spiro atoms. The van der Waals surface area contributed by atoms with Gasteiger partial charge in [-0.25, -0.2) is 4.79 Å². The zero-order chi connectivity index (χ0) is 20.8. The van der Waals surface area contributed by atoms with Gasteiger partial charge in [0.1, 0.15) is 5.65 Å². The number of fused-ring (bicyclic) bond motifs is 1. The number of aromatic amines is 1. The maximum Gasteiger partial charge on any atom is 0.354 e. The monoisotopic (exact) mass is 397 g/mol. The van der Waals surface area contributed by atoms with Gasteiger partial charge >= 0.3 is 5.69 Å². The molecule has 0 saturated carbocycles. The first kappa shape index (κ1) is 20.6. The van der Waals surface area contributed by atoms with Gasteiger partial charge in [-0.15, -0.1) is 0 Å². The fourth-order valence-corrected chi connectivity index (χ4v) is 3.17. The quantitative estimate of drug-likeness (QED) is 0.179. The minimum Gasteiger partial charge on any atom is -0.394 e. The minimum atomic E-state index is -0.343. The molecule has 3 aromatic rings. The van der Waals surface area contributed by atoms with E-state index < -0.39 is 0 Å². The van der Waals surface area contributed by atoms with Crippen LogP contribution in [0.25, 0.3) is 16.7 Å². The number of aryl methyl sites for hydroxylation is 1. The highest BCUT2D eigenvalue weighted by molar-refractivity contribution is 5.75. The molecule has 2 heterocycles. The first-order chi connectivity index (χ1) is 14.0. The second-order valence-corrected chi connectivity index (χ2v) is 6.82. The minimum absolute atomic E-state index is 0.0455. The molecular weight excluding hydrogens is 370 g/mol. The van der Waals surface area contributed by atoms with Crippen LogP contribution >= 0.6 is 0 Å². The van der Waals surface area contributed by atoms with Gasteiger partial charge in [-0.3, -0.25) is 9.98 Å². The van der Waals surface area contributed by atoms with Crippen LogP contribution in [0.3, 0.4) is 0 Å². The van der Waals surface area contributed by atoms with Crippen molar-refractivity contribution in [3.63, 3.8) is 0 Å². The Bertz CT molecular complexity index is 1020. The van der Waals surface area contributed by atoms with Crippen LogP contribution in [-0.2, 0) is 6.42 Å². The molecule has 2 aromatic heterocycles. The Kier molecular flexibility index (Phi) is 6.63. The smallest absolute Gasteiger partial charge is 0.354 e. The number of aliphatic hydroxyl groups excluding tert-OH is 1. The van der Waals surface area contributed by atoms with Crippen molar-refractivity contribution in [2.24, 2.45) is 5.73 Å². The standard InChI is InChI=1S/C20H27N7O2/c1-2-15-10-14-11-27(20(29)26-18(14)25-15)16-6-4-13(5-7-16)17(12-28)23-8-3-9-24-19(21)22/h4-7,10-11,17,23,28H,2-3,8-9,12H2,1H3,(H4,21,22,24)(H,25,26,29)/t17-/m0/s1. The molecule has 9 heteroatoms. The SMILES string of the molecule is CCc1cc2cn(-c3ccc([C@H](CO)NCCCNC(=N)N)cc3)c(=O)nc2[nH]1. The third kappa shape index (κ3) is 5.01. The molecule has 0 radical (unpaired) electrons. The van der Waals surface area contributed by atoms with Crippen molar-refractivity contribution in [3.05, 3.63) is 58.3 Å². The largest absolute Gasteiger partial charge is 0.394 e. The number of aliphatic hydroxyl groups is 1. The summed E-state index contributed by atoms with van der Waals surface area (Å²) in [6.45, 7) is 3.26. The summed E-state index contributed by atoms with van der Waals surface area (Å²) in [6.07, 6.45) is 3.41. The molecule has 7 N–H and O–H groups in total. The second-order valence-electron chi connectivity index (χ2n) is 6.82. The van der Waals surface area contributed by atoms with Crippen molar-refractivity contribution >= 4 is 17.0 Å². The molecule has 0 bridgehead atoms. The average molecular weight is 397 g/mol. The Morgan fingerprint density at radius 1 is 1.34 bits per heavy atom. The van der Waals surface area contributed by atoms with E-state index in [4.69, 9.17) is 11.1 Å². The maximum absolute atomic E-state index is 12.4. The number of H-pyrrole nitrogens is 1. The number of nitrogens with one attached hydrogen (secondary N) is 4.